The monoisotopic (exact) mass is 530 g/mol. The number of anilines is 1. The molecule has 0 bridgehead atoms. The first-order valence-corrected chi connectivity index (χ1v) is 13.2. The molecule has 1 saturated heterocycles. The van der Waals surface area contributed by atoms with Crippen molar-refractivity contribution in [3.05, 3.63) is 94.4 Å². The van der Waals surface area contributed by atoms with Gasteiger partial charge >= 0.3 is 0 Å². The summed E-state index contributed by atoms with van der Waals surface area (Å²) in [6, 6.07) is 22.2. The number of para-hydroxylation sites is 2. The van der Waals surface area contributed by atoms with E-state index in [4.69, 9.17) is 9.47 Å². The van der Waals surface area contributed by atoms with Crippen LogP contribution in [0.3, 0.4) is 0 Å². The molecule has 0 unspecified atom stereocenters. The molecule has 1 fully saturated rings. The smallest absolute Gasteiger partial charge is 0.293 e. The summed E-state index contributed by atoms with van der Waals surface area (Å²) < 4.78 is 11.7. The maximum absolute atomic E-state index is 13.0. The van der Waals surface area contributed by atoms with Crippen LogP contribution in [0.4, 0.5) is 10.5 Å². The highest BCUT2D eigenvalue weighted by atomic mass is 32.2. The van der Waals surface area contributed by atoms with Crippen molar-refractivity contribution in [2.24, 2.45) is 0 Å². The number of nitrogens with zero attached hydrogens (tertiary/aromatic N) is 1. The number of imide groups is 1. The maximum Gasteiger partial charge on any atom is 0.293 e. The van der Waals surface area contributed by atoms with Crippen LogP contribution >= 0.6 is 11.8 Å². The van der Waals surface area contributed by atoms with Crippen molar-refractivity contribution in [2.45, 2.75) is 26.7 Å². The molecule has 1 aliphatic heterocycles. The number of rotatable bonds is 10. The third-order valence-corrected chi connectivity index (χ3v) is 6.77. The van der Waals surface area contributed by atoms with Crippen molar-refractivity contribution in [1.82, 2.24) is 4.90 Å². The minimum Gasteiger partial charge on any atom is -0.491 e. The second-order valence-electron chi connectivity index (χ2n) is 9.12. The average Bonchev–Trinajstić information content (AvgIpc) is 3.16. The third-order valence-electron chi connectivity index (χ3n) is 5.86. The molecule has 4 rings (SSSR count). The Morgan fingerprint density at radius 1 is 0.974 bits per heavy atom. The van der Waals surface area contributed by atoms with E-state index in [9.17, 15) is 14.4 Å². The zero-order valence-electron chi connectivity index (χ0n) is 21.6. The van der Waals surface area contributed by atoms with Crippen LogP contribution in [0.1, 0.15) is 36.5 Å². The van der Waals surface area contributed by atoms with Crippen molar-refractivity contribution >= 4 is 40.6 Å². The van der Waals surface area contributed by atoms with Crippen molar-refractivity contribution in [3.8, 4) is 11.5 Å². The van der Waals surface area contributed by atoms with Crippen LogP contribution in [0.2, 0.25) is 0 Å². The summed E-state index contributed by atoms with van der Waals surface area (Å²) in [7, 11) is 0. The van der Waals surface area contributed by atoms with Gasteiger partial charge in [-0.1, -0.05) is 62.4 Å². The molecule has 0 atom stereocenters. The predicted molar refractivity (Wildman–Crippen MR) is 150 cm³/mol. The summed E-state index contributed by atoms with van der Waals surface area (Å²) in [5, 5.41) is 2.42. The van der Waals surface area contributed by atoms with E-state index >= 15 is 0 Å². The van der Waals surface area contributed by atoms with Gasteiger partial charge in [-0.3, -0.25) is 19.3 Å². The minimum absolute atomic E-state index is 0.144. The van der Waals surface area contributed by atoms with E-state index in [1.54, 1.807) is 42.5 Å². The van der Waals surface area contributed by atoms with Gasteiger partial charge in [0.2, 0.25) is 0 Å². The van der Waals surface area contributed by atoms with E-state index in [1.807, 2.05) is 43.3 Å². The Kier molecular flexibility index (Phi) is 8.86. The number of thioether (sulfide) groups is 1. The van der Waals surface area contributed by atoms with Crippen LogP contribution in [-0.4, -0.2) is 41.7 Å². The molecule has 0 spiro atoms. The SMILES string of the molecule is Cc1ccc(C(C)C)c(OCCN2C(=O)S/C(=C\c3ccccc3OCC(=O)Nc3ccccc3)C2=O)c1. The quantitative estimate of drug-likeness (QED) is 0.312. The molecule has 0 aromatic heterocycles. The standard InChI is InChI=1S/C30H30N2O5S/c1-20(2)24-14-13-21(3)17-26(24)36-16-15-32-29(34)27(38-30(32)35)18-22-9-7-8-12-25(22)37-19-28(33)31-23-10-5-4-6-11-23/h4-14,17-18,20H,15-16,19H2,1-3H3,(H,31,33)/b27-18-. The second-order valence-corrected chi connectivity index (χ2v) is 10.1. The molecular weight excluding hydrogens is 500 g/mol. The molecule has 0 saturated carbocycles. The fourth-order valence-electron chi connectivity index (χ4n) is 3.92. The lowest BCUT2D eigenvalue weighted by Crippen LogP contribution is -2.32. The van der Waals surface area contributed by atoms with Gasteiger partial charge in [-0.2, -0.15) is 0 Å². The summed E-state index contributed by atoms with van der Waals surface area (Å²) in [6.45, 7) is 6.33. The fraction of sp³-hybridized carbons (Fsp3) is 0.233. The molecule has 196 valence electrons. The lowest BCUT2D eigenvalue weighted by atomic mass is 10.0. The molecule has 0 aliphatic carbocycles. The molecule has 38 heavy (non-hydrogen) atoms. The fourth-order valence-corrected chi connectivity index (χ4v) is 4.77. The average molecular weight is 531 g/mol. The molecule has 0 radical (unpaired) electrons. The van der Waals surface area contributed by atoms with Gasteiger partial charge in [0.1, 0.15) is 18.1 Å². The Hall–Kier alpha value is -4.04. The molecule has 3 aromatic rings. The molecule has 1 N–H and O–H groups in total. The van der Waals surface area contributed by atoms with Gasteiger partial charge in [-0.25, -0.2) is 0 Å². The van der Waals surface area contributed by atoms with E-state index in [2.05, 4.69) is 19.2 Å². The van der Waals surface area contributed by atoms with E-state index in [0.717, 1.165) is 28.6 Å². The number of nitrogens with one attached hydrogen (secondary N) is 1. The van der Waals surface area contributed by atoms with Crippen molar-refractivity contribution < 1.29 is 23.9 Å². The number of benzene rings is 3. The summed E-state index contributed by atoms with van der Waals surface area (Å²) >= 11 is 0.876. The van der Waals surface area contributed by atoms with Gasteiger partial charge in [0.25, 0.3) is 17.1 Å². The Labute approximate surface area is 226 Å². The number of hydrogen-bond acceptors (Lipinski definition) is 6. The highest BCUT2D eigenvalue weighted by Gasteiger charge is 2.35. The zero-order valence-corrected chi connectivity index (χ0v) is 22.4. The van der Waals surface area contributed by atoms with Gasteiger partial charge in [-0.05, 0) is 66.1 Å². The van der Waals surface area contributed by atoms with Crippen LogP contribution in [0, 0.1) is 6.92 Å². The molecule has 3 amide bonds. The first-order chi connectivity index (χ1) is 18.3. The number of carbonyl (C=O) groups excluding carboxylic acids is 3. The number of aryl methyl sites for hydroxylation is 1. The van der Waals surface area contributed by atoms with Crippen molar-refractivity contribution in [1.29, 1.82) is 0 Å². The van der Waals surface area contributed by atoms with Crippen LogP contribution in [0.25, 0.3) is 6.08 Å². The van der Waals surface area contributed by atoms with Crippen LogP contribution in [0.15, 0.2) is 77.7 Å². The van der Waals surface area contributed by atoms with Crippen LogP contribution in [0.5, 0.6) is 11.5 Å². The normalized spacial score (nSPS) is 14.3. The van der Waals surface area contributed by atoms with Gasteiger partial charge in [-0.15, -0.1) is 0 Å². The van der Waals surface area contributed by atoms with Gasteiger partial charge in [0.05, 0.1) is 11.4 Å². The molecule has 7 nitrogen and oxygen atoms in total. The highest BCUT2D eigenvalue weighted by molar-refractivity contribution is 8.18. The Morgan fingerprint density at radius 3 is 2.47 bits per heavy atom. The largest absolute Gasteiger partial charge is 0.491 e. The lowest BCUT2D eigenvalue weighted by Gasteiger charge is -2.17. The highest BCUT2D eigenvalue weighted by Crippen LogP contribution is 2.34. The maximum atomic E-state index is 13.0. The summed E-state index contributed by atoms with van der Waals surface area (Å²) in [5.74, 6) is 0.808. The Bertz CT molecular complexity index is 1350. The van der Waals surface area contributed by atoms with Crippen molar-refractivity contribution in [2.75, 3.05) is 25.1 Å². The van der Waals surface area contributed by atoms with Gasteiger partial charge in [0.15, 0.2) is 6.61 Å². The minimum atomic E-state index is -0.381. The summed E-state index contributed by atoms with van der Waals surface area (Å²) in [6.07, 6.45) is 1.62. The lowest BCUT2D eigenvalue weighted by molar-refractivity contribution is -0.123. The number of hydrogen-bond donors (Lipinski definition) is 1. The topological polar surface area (TPSA) is 84.9 Å². The van der Waals surface area contributed by atoms with Crippen LogP contribution < -0.4 is 14.8 Å². The third kappa shape index (κ3) is 6.83. The zero-order chi connectivity index (χ0) is 27.1. The van der Waals surface area contributed by atoms with Gasteiger partial charge in [0, 0.05) is 11.3 Å². The molecule has 8 heteroatoms. The predicted octanol–water partition coefficient (Wildman–Crippen LogP) is 6.25. The van der Waals surface area contributed by atoms with E-state index in [0.29, 0.717) is 21.9 Å². The van der Waals surface area contributed by atoms with Crippen molar-refractivity contribution in [3.63, 3.8) is 0 Å². The molecule has 3 aromatic carbocycles. The molecule has 1 aliphatic rings. The summed E-state index contributed by atoms with van der Waals surface area (Å²) in [5.41, 5.74) is 3.44. The number of amides is 3. The number of ether oxygens (including phenoxy) is 2. The number of carbonyl (C=O) groups is 3. The Morgan fingerprint density at radius 2 is 1.71 bits per heavy atom. The second kappa shape index (κ2) is 12.5. The molecule has 1 heterocycles. The first-order valence-electron chi connectivity index (χ1n) is 12.4. The van der Waals surface area contributed by atoms with E-state index < -0.39 is 0 Å². The molecular formula is C30H30N2O5S. The summed E-state index contributed by atoms with van der Waals surface area (Å²) in [4.78, 5) is 39.4. The van der Waals surface area contributed by atoms with E-state index in [-0.39, 0.29) is 42.7 Å². The van der Waals surface area contributed by atoms with Crippen LogP contribution in [-0.2, 0) is 9.59 Å². The first kappa shape index (κ1) is 27.0. The van der Waals surface area contributed by atoms with Gasteiger partial charge < -0.3 is 14.8 Å². The van der Waals surface area contributed by atoms with E-state index in [1.165, 1.54) is 4.90 Å². The Balaban J connectivity index is 1.38.